The van der Waals surface area contributed by atoms with Crippen LogP contribution in [-0.4, -0.2) is 24.6 Å². The summed E-state index contributed by atoms with van der Waals surface area (Å²) in [7, 11) is 0. The minimum absolute atomic E-state index is 0.340. The highest BCUT2D eigenvalue weighted by atomic mass is 19.1. The Kier molecular flexibility index (Phi) is 2.34. The first-order chi connectivity index (χ1) is 10.2. The Labute approximate surface area is 116 Å². The third-order valence-corrected chi connectivity index (χ3v) is 3.16. The lowest BCUT2D eigenvalue weighted by Gasteiger charge is -1.96. The molecule has 3 aromatic heterocycles. The summed E-state index contributed by atoms with van der Waals surface area (Å²) in [6.45, 7) is 0. The fourth-order valence-corrected chi connectivity index (χ4v) is 2.18. The van der Waals surface area contributed by atoms with Crippen LogP contribution in [0.5, 0.6) is 0 Å². The van der Waals surface area contributed by atoms with E-state index < -0.39 is 5.69 Å². The number of fused-ring (bicyclic) bond motifs is 3. The van der Waals surface area contributed by atoms with Gasteiger partial charge in [0.15, 0.2) is 11.5 Å². The number of hydrogen-bond donors (Lipinski definition) is 1. The molecule has 0 unspecified atom stereocenters. The van der Waals surface area contributed by atoms with Crippen LogP contribution in [0.1, 0.15) is 0 Å². The first-order valence-corrected chi connectivity index (χ1v) is 6.22. The first-order valence-electron chi connectivity index (χ1n) is 6.22. The number of H-pyrrole nitrogens is 1. The largest absolute Gasteiger partial charge is 0.348 e. The highest BCUT2D eigenvalue weighted by molar-refractivity contribution is 5.87. The van der Waals surface area contributed by atoms with Crippen LogP contribution in [-0.2, 0) is 0 Å². The maximum Gasteiger partial charge on any atom is 0.348 e. The number of aromatic amines is 1. The molecular weight excluding hydrogens is 273 g/mol. The smallest absolute Gasteiger partial charge is 0.304 e. The van der Waals surface area contributed by atoms with Crippen molar-refractivity contribution in [3.05, 3.63) is 58.9 Å². The highest BCUT2D eigenvalue weighted by Gasteiger charge is 2.12. The second-order valence-electron chi connectivity index (χ2n) is 4.51. The van der Waals surface area contributed by atoms with Crippen molar-refractivity contribution in [3.8, 4) is 11.4 Å². The number of benzene rings is 1. The van der Waals surface area contributed by atoms with Gasteiger partial charge in [-0.25, -0.2) is 14.2 Å². The Hall–Kier alpha value is -3.09. The molecule has 0 amide bonds. The molecule has 0 aliphatic heterocycles. The quantitative estimate of drug-likeness (QED) is 0.577. The van der Waals surface area contributed by atoms with Crippen LogP contribution in [0.2, 0.25) is 0 Å². The molecule has 0 saturated heterocycles. The molecule has 0 atom stereocenters. The normalized spacial score (nSPS) is 11.3. The maximum atomic E-state index is 13.0. The second kappa shape index (κ2) is 4.20. The van der Waals surface area contributed by atoms with E-state index in [2.05, 4.69) is 20.1 Å². The van der Waals surface area contributed by atoms with E-state index in [0.717, 1.165) is 4.52 Å². The monoisotopic (exact) mass is 281 g/mol. The third kappa shape index (κ3) is 1.78. The molecule has 3 heterocycles. The van der Waals surface area contributed by atoms with Crippen LogP contribution < -0.4 is 5.69 Å². The number of hydrogen-bond acceptors (Lipinski definition) is 4. The van der Waals surface area contributed by atoms with Crippen LogP contribution in [0.4, 0.5) is 4.39 Å². The zero-order valence-electron chi connectivity index (χ0n) is 10.6. The molecule has 0 spiro atoms. The number of aromatic nitrogens is 5. The van der Waals surface area contributed by atoms with Gasteiger partial charge in [-0.05, 0) is 36.4 Å². The molecular formula is C14H8FN5O. The van der Waals surface area contributed by atoms with Crippen molar-refractivity contribution in [2.24, 2.45) is 0 Å². The van der Waals surface area contributed by atoms with Gasteiger partial charge in [0.1, 0.15) is 11.3 Å². The summed E-state index contributed by atoms with van der Waals surface area (Å²) in [4.78, 5) is 23.3. The van der Waals surface area contributed by atoms with E-state index in [9.17, 15) is 9.18 Å². The molecule has 4 rings (SSSR count). The topological polar surface area (TPSA) is 75.9 Å². The van der Waals surface area contributed by atoms with Gasteiger partial charge in [0.05, 0.1) is 5.52 Å². The fraction of sp³-hybridized carbons (Fsp3) is 0. The molecule has 6 nitrogen and oxygen atoms in total. The lowest BCUT2D eigenvalue weighted by atomic mass is 10.2. The van der Waals surface area contributed by atoms with Gasteiger partial charge in [0.2, 0.25) is 0 Å². The average Bonchev–Trinajstić information content (AvgIpc) is 2.94. The lowest BCUT2D eigenvalue weighted by molar-refractivity contribution is 0.628. The van der Waals surface area contributed by atoms with Crippen molar-refractivity contribution < 1.29 is 4.39 Å². The highest BCUT2D eigenvalue weighted by Crippen LogP contribution is 2.18. The van der Waals surface area contributed by atoms with Gasteiger partial charge in [-0.2, -0.15) is 4.52 Å². The summed E-state index contributed by atoms with van der Waals surface area (Å²) in [5.41, 5.74) is 1.75. The summed E-state index contributed by atoms with van der Waals surface area (Å²) in [5.74, 6) is 0.00568. The van der Waals surface area contributed by atoms with Gasteiger partial charge >= 0.3 is 5.69 Å². The Balaban J connectivity index is 2.05. The Bertz CT molecular complexity index is 1020. The van der Waals surface area contributed by atoms with Gasteiger partial charge in [0, 0.05) is 11.8 Å². The van der Waals surface area contributed by atoms with E-state index in [-0.39, 0.29) is 5.82 Å². The molecule has 21 heavy (non-hydrogen) atoms. The predicted molar refractivity (Wildman–Crippen MR) is 74.3 cm³/mol. The molecule has 1 aromatic carbocycles. The third-order valence-electron chi connectivity index (χ3n) is 3.16. The maximum absolute atomic E-state index is 13.0. The summed E-state index contributed by atoms with van der Waals surface area (Å²) < 4.78 is 14.1. The number of rotatable bonds is 1. The van der Waals surface area contributed by atoms with Gasteiger partial charge < -0.3 is 4.98 Å². The zero-order valence-corrected chi connectivity index (χ0v) is 10.6. The van der Waals surface area contributed by atoms with E-state index in [1.54, 1.807) is 30.5 Å². The van der Waals surface area contributed by atoms with Gasteiger partial charge in [-0.1, -0.05) is 0 Å². The number of pyridine rings is 1. The van der Waals surface area contributed by atoms with Crippen LogP contribution in [0, 0.1) is 5.82 Å². The second-order valence-corrected chi connectivity index (χ2v) is 4.51. The van der Waals surface area contributed by atoms with E-state index >= 15 is 0 Å². The average molecular weight is 281 g/mol. The first kappa shape index (κ1) is 11.7. The fourth-order valence-electron chi connectivity index (χ4n) is 2.18. The van der Waals surface area contributed by atoms with Crippen molar-refractivity contribution in [2.75, 3.05) is 0 Å². The van der Waals surface area contributed by atoms with Crippen molar-refractivity contribution in [2.45, 2.75) is 0 Å². The van der Waals surface area contributed by atoms with E-state index in [4.69, 9.17) is 0 Å². The van der Waals surface area contributed by atoms with Crippen molar-refractivity contribution in [1.29, 1.82) is 0 Å². The van der Waals surface area contributed by atoms with Crippen LogP contribution in [0.15, 0.2) is 47.4 Å². The SMILES string of the molecule is O=c1[nH]c2cccnc2c2nc(-c3ccc(F)cc3)nn12. The summed E-state index contributed by atoms with van der Waals surface area (Å²) in [6.07, 6.45) is 1.62. The van der Waals surface area contributed by atoms with E-state index in [1.807, 2.05) is 0 Å². The standard InChI is InChI=1S/C14H8FN5O/c15-9-5-3-8(4-6-9)12-18-13-11-10(2-1-7-16-11)17-14(21)20(13)19-12/h1-7H,(H,17,21). The minimum atomic E-state index is -0.397. The molecule has 0 saturated carbocycles. The molecule has 102 valence electrons. The molecule has 4 aromatic rings. The number of nitrogens with zero attached hydrogens (tertiary/aromatic N) is 4. The summed E-state index contributed by atoms with van der Waals surface area (Å²) >= 11 is 0. The predicted octanol–water partition coefficient (Wildman–Crippen LogP) is 1.77. The Morgan fingerprint density at radius 1 is 1.14 bits per heavy atom. The molecule has 0 bridgehead atoms. The molecule has 0 radical (unpaired) electrons. The van der Waals surface area contributed by atoms with Crippen LogP contribution in [0.3, 0.4) is 0 Å². The Morgan fingerprint density at radius 2 is 1.95 bits per heavy atom. The zero-order chi connectivity index (χ0) is 14.4. The van der Waals surface area contributed by atoms with Gasteiger partial charge in [0.25, 0.3) is 0 Å². The summed E-state index contributed by atoms with van der Waals surface area (Å²) in [5, 5.41) is 4.16. The molecule has 7 heteroatoms. The molecule has 1 N–H and O–H groups in total. The van der Waals surface area contributed by atoms with Crippen molar-refractivity contribution in [1.82, 2.24) is 24.6 Å². The van der Waals surface area contributed by atoms with E-state index in [1.165, 1.54) is 12.1 Å². The van der Waals surface area contributed by atoms with E-state index in [0.29, 0.717) is 28.1 Å². The minimum Gasteiger partial charge on any atom is -0.304 e. The molecule has 0 aliphatic carbocycles. The number of halogens is 1. The molecule has 0 fully saturated rings. The van der Waals surface area contributed by atoms with Crippen LogP contribution in [0.25, 0.3) is 28.1 Å². The van der Waals surface area contributed by atoms with Crippen molar-refractivity contribution >= 4 is 16.7 Å². The Morgan fingerprint density at radius 3 is 2.76 bits per heavy atom. The van der Waals surface area contributed by atoms with Gasteiger partial charge in [-0.15, -0.1) is 5.10 Å². The molecule has 0 aliphatic rings. The number of nitrogens with one attached hydrogen (secondary N) is 1. The van der Waals surface area contributed by atoms with Crippen molar-refractivity contribution in [3.63, 3.8) is 0 Å². The lowest BCUT2D eigenvalue weighted by Crippen LogP contribution is -2.17. The van der Waals surface area contributed by atoms with Crippen LogP contribution >= 0.6 is 0 Å². The van der Waals surface area contributed by atoms with Gasteiger partial charge in [-0.3, -0.25) is 4.98 Å². The summed E-state index contributed by atoms with van der Waals surface area (Å²) in [6, 6.07) is 9.24.